The zero-order valence-electron chi connectivity index (χ0n) is 16.3. The van der Waals surface area contributed by atoms with Crippen molar-refractivity contribution in [1.82, 2.24) is 5.01 Å². The van der Waals surface area contributed by atoms with Crippen molar-refractivity contribution in [2.45, 2.75) is 19.4 Å². The molecule has 0 radical (unpaired) electrons. The molecule has 154 valence electrons. The van der Waals surface area contributed by atoms with Gasteiger partial charge in [-0.1, -0.05) is 6.07 Å². The molecule has 0 saturated carbocycles. The van der Waals surface area contributed by atoms with Crippen LogP contribution in [-0.4, -0.2) is 35.8 Å². The molecule has 1 unspecified atom stereocenters. The van der Waals surface area contributed by atoms with Gasteiger partial charge in [0.2, 0.25) is 0 Å². The first-order chi connectivity index (χ1) is 14.7. The second-order valence-electron chi connectivity index (χ2n) is 6.53. The molecule has 1 atom stereocenters. The number of hydrazone groups is 1. The van der Waals surface area contributed by atoms with E-state index in [0.717, 1.165) is 10.6 Å². The van der Waals surface area contributed by atoms with Crippen molar-refractivity contribution in [1.29, 1.82) is 0 Å². The van der Waals surface area contributed by atoms with Gasteiger partial charge in [0.25, 0.3) is 5.91 Å². The Morgan fingerprint density at radius 3 is 2.70 bits per heavy atom. The minimum absolute atomic E-state index is 0.171. The Labute approximate surface area is 177 Å². The van der Waals surface area contributed by atoms with Gasteiger partial charge in [0.15, 0.2) is 6.61 Å². The smallest absolute Gasteiger partial charge is 0.338 e. The van der Waals surface area contributed by atoms with Crippen molar-refractivity contribution in [3.05, 3.63) is 76.4 Å². The number of amides is 1. The molecule has 0 aliphatic carbocycles. The summed E-state index contributed by atoms with van der Waals surface area (Å²) >= 11 is 1.58. The van der Waals surface area contributed by atoms with Crippen LogP contribution in [0.2, 0.25) is 0 Å². The SMILES string of the molecule is CCOC(=O)c1ccc(OCC(=O)N2N=C(c3ccco3)CC2c2cccs2)cc1. The lowest BCUT2D eigenvalue weighted by atomic mass is 10.1. The average molecular weight is 424 g/mol. The predicted octanol–water partition coefficient (Wildman–Crippen LogP) is 4.27. The normalized spacial score (nSPS) is 15.7. The maximum Gasteiger partial charge on any atom is 0.338 e. The zero-order chi connectivity index (χ0) is 20.9. The van der Waals surface area contributed by atoms with Gasteiger partial charge in [-0.2, -0.15) is 5.10 Å². The zero-order valence-corrected chi connectivity index (χ0v) is 17.1. The molecule has 0 saturated heterocycles. The fraction of sp³-hybridized carbons (Fsp3) is 0.227. The highest BCUT2D eigenvalue weighted by molar-refractivity contribution is 7.10. The van der Waals surface area contributed by atoms with Crippen LogP contribution in [0.3, 0.4) is 0 Å². The third-order valence-corrected chi connectivity index (χ3v) is 5.54. The van der Waals surface area contributed by atoms with Crippen LogP contribution in [0.15, 0.2) is 69.7 Å². The number of hydrogen-bond donors (Lipinski definition) is 0. The number of hydrogen-bond acceptors (Lipinski definition) is 7. The molecule has 4 rings (SSSR count). The second kappa shape index (κ2) is 8.96. The molecule has 0 N–H and O–H groups in total. The standard InChI is InChI=1S/C22H20N2O5S/c1-2-27-22(26)15-7-9-16(10-8-15)29-14-21(25)24-18(20-6-4-12-30-20)13-17(23-24)19-5-3-11-28-19/h3-12,18H,2,13-14H2,1H3. The summed E-state index contributed by atoms with van der Waals surface area (Å²) in [6.07, 6.45) is 2.17. The van der Waals surface area contributed by atoms with Gasteiger partial charge in [-0.3, -0.25) is 4.79 Å². The number of benzene rings is 1. The Balaban J connectivity index is 1.44. The summed E-state index contributed by atoms with van der Waals surface area (Å²) in [5.74, 6) is 0.487. The van der Waals surface area contributed by atoms with Gasteiger partial charge in [-0.15, -0.1) is 11.3 Å². The number of nitrogens with zero attached hydrogens (tertiary/aromatic N) is 2. The Bertz CT molecular complexity index is 1030. The Morgan fingerprint density at radius 1 is 1.20 bits per heavy atom. The topological polar surface area (TPSA) is 81.3 Å². The highest BCUT2D eigenvalue weighted by atomic mass is 32.1. The van der Waals surface area contributed by atoms with E-state index in [9.17, 15) is 9.59 Å². The molecule has 0 fully saturated rings. The average Bonchev–Trinajstić information content (AvgIpc) is 3.53. The third kappa shape index (κ3) is 4.28. The summed E-state index contributed by atoms with van der Waals surface area (Å²) in [5, 5.41) is 7.96. The third-order valence-electron chi connectivity index (χ3n) is 4.57. The van der Waals surface area contributed by atoms with Crippen LogP contribution >= 0.6 is 11.3 Å². The van der Waals surface area contributed by atoms with Crippen molar-refractivity contribution in [2.75, 3.05) is 13.2 Å². The fourth-order valence-corrected chi connectivity index (χ4v) is 3.96. The van der Waals surface area contributed by atoms with Crippen molar-refractivity contribution in [3.63, 3.8) is 0 Å². The summed E-state index contributed by atoms with van der Waals surface area (Å²) in [5.41, 5.74) is 1.16. The molecule has 0 bridgehead atoms. The highest BCUT2D eigenvalue weighted by Crippen LogP contribution is 2.35. The van der Waals surface area contributed by atoms with E-state index in [1.54, 1.807) is 54.9 Å². The molecule has 3 aromatic rings. The van der Waals surface area contributed by atoms with Gasteiger partial charge >= 0.3 is 5.97 Å². The molecule has 8 heteroatoms. The molecule has 3 heterocycles. The van der Waals surface area contributed by atoms with Crippen molar-refractivity contribution < 1.29 is 23.5 Å². The molecule has 1 aliphatic heterocycles. The van der Waals surface area contributed by atoms with E-state index in [0.29, 0.717) is 30.1 Å². The predicted molar refractivity (Wildman–Crippen MR) is 112 cm³/mol. The van der Waals surface area contributed by atoms with Crippen LogP contribution in [0.4, 0.5) is 0 Å². The first-order valence-electron chi connectivity index (χ1n) is 9.52. The number of ether oxygens (including phenoxy) is 2. The highest BCUT2D eigenvalue weighted by Gasteiger charge is 2.34. The maximum absolute atomic E-state index is 12.9. The second-order valence-corrected chi connectivity index (χ2v) is 7.51. The van der Waals surface area contributed by atoms with Crippen molar-refractivity contribution >= 4 is 28.9 Å². The Kier molecular flexibility index (Phi) is 5.94. The number of rotatable bonds is 7. The minimum atomic E-state index is -0.393. The summed E-state index contributed by atoms with van der Waals surface area (Å²) in [6, 6.07) is 13.9. The Morgan fingerprint density at radius 2 is 2.03 bits per heavy atom. The summed E-state index contributed by atoms with van der Waals surface area (Å²) in [4.78, 5) is 25.7. The monoisotopic (exact) mass is 424 g/mol. The molecule has 1 amide bonds. The van der Waals surface area contributed by atoms with Crippen molar-refractivity contribution in [2.24, 2.45) is 5.10 Å². The van der Waals surface area contributed by atoms with Crippen LogP contribution in [-0.2, 0) is 9.53 Å². The first kappa shape index (κ1) is 19.9. The van der Waals surface area contributed by atoms with Gasteiger partial charge in [-0.05, 0) is 54.8 Å². The van der Waals surface area contributed by atoms with Crippen molar-refractivity contribution in [3.8, 4) is 5.75 Å². The molecule has 1 aliphatic rings. The van der Waals surface area contributed by atoms with Crippen LogP contribution in [0, 0.1) is 0 Å². The van der Waals surface area contributed by atoms with E-state index in [1.807, 2.05) is 23.6 Å². The van der Waals surface area contributed by atoms with Gasteiger partial charge < -0.3 is 13.9 Å². The maximum atomic E-state index is 12.9. The molecule has 2 aromatic heterocycles. The van der Waals surface area contributed by atoms with E-state index >= 15 is 0 Å². The van der Waals surface area contributed by atoms with E-state index in [1.165, 1.54) is 5.01 Å². The summed E-state index contributed by atoms with van der Waals surface area (Å²) in [7, 11) is 0. The van der Waals surface area contributed by atoms with Gasteiger partial charge in [0.05, 0.1) is 24.5 Å². The largest absolute Gasteiger partial charge is 0.484 e. The lowest BCUT2D eigenvalue weighted by Crippen LogP contribution is -2.31. The van der Waals surface area contributed by atoms with Gasteiger partial charge in [0.1, 0.15) is 17.2 Å². The molecular formula is C22H20N2O5S. The molecule has 7 nitrogen and oxygen atoms in total. The minimum Gasteiger partial charge on any atom is -0.484 e. The molecule has 30 heavy (non-hydrogen) atoms. The molecular weight excluding hydrogens is 404 g/mol. The van der Waals surface area contributed by atoms with Gasteiger partial charge in [-0.25, -0.2) is 9.80 Å². The van der Waals surface area contributed by atoms with E-state index in [4.69, 9.17) is 13.9 Å². The fourth-order valence-electron chi connectivity index (χ4n) is 3.15. The summed E-state index contributed by atoms with van der Waals surface area (Å²) in [6.45, 7) is 1.89. The van der Waals surface area contributed by atoms with Crippen LogP contribution in [0.5, 0.6) is 5.75 Å². The number of furan rings is 1. The van der Waals surface area contributed by atoms with E-state index < -0.39 is 5.97 Å². The van der Waals surface area contributed by atoms with Crippen LogP contribution < -0.4 is 4.74 Å². The number of esters is 1. The molecule has 1 aromatic carbocycles. The molecule has 0 spiro atoms. The van der Waals surface area contributed by atoms with Crippen LogP contribution in [0.25, 0.3) is 0 Å². The van der Waals surface area contributed by atoms with E-state index in [-0.39, 0.29) is 18.6 Å². The number of carbonyl (C=O) groups is 2. The van der Waals surface area contributed by atoms with Crippen LogP contribution in [0.1, 0.15) is 40.4 Å². The number of thiophene rings is 1. The lowest BCUT2D eigenvalue weighted by Gasteiger charge is -2.20. The van der Waals surface area contributed by atoms with Gasteiger partial charge in [0, 0.05) is 11.3 Å². The lowest BCUT2D eigenvalue weighted by molar-refractivity contribution is -0.135. The number of carbonyl (C=O) groups excluding carboxylic acids is 2. The quantitative estimate of drug-likeness (QED) is 0.529. The van der Waals surface area contributed by atoms with E-state index in [2.05, 4.69) is 5.10 Å². The first-order valence-corrected chi connectivity index (χ1v) is 10.4. The summed E-state index contributed by atoms with van der Waals surface area (Å²) < 4.78 is 16.0. The Hall–Kier alpha value is -3.39.